The van der Waals surface area contributed by atoms with Gasteiger partial charge in [0.15, 0.2) is 0 Å². The zero-order valence-corrected chi connectivity index (χ0v) is 21.1. The van der Waals surface area contributed by atoms with Gasteiger partial charge in [0.1, 0.15) is 23.0 Å². The molecule has 0 radical (unpaired) electrons. The summed E-state index contributed by atoms with van der Waals surface area (Å²) in [6.45, 7) is 1.18. The minimum absolute atomic E-state index is 0.140. The first-order valence-corrected chi connectivity index (χ1v) is 12.2. The first-order chi connectivity index (χ1) is 19.2. The van der Waals surface area contributed by atoms with E-state index in [1.54, 1.807) is 48.4 Å². The van der Waals surface area contributed by atoms with E-state index >= 15 is 0 Å². The molecule has 0 aliphatic heterocycles. The van der Waals surface area contributed by atoms with E-state index < -0.39 is 17.6 Å². The number of alkyl halides is 3. The van der Waals surface area contributed by atoms with E-state index in [0.29, 0.717) is 41.2 Å². The first kappa shape index (κ1) is 26.7. The molecule has 5 aromatic rings. The third kappa shape index (κ3) is 6.03. The maximum Gasteiger partial charge on any atom is 0.416 e. The number of amides is 1. The van der Waals surface area contributed by atoms with Crippen molar-refractivity contribution in [1.82, 2.24) is 29.4 Å². The van der Waals surface area contributed by atoms with Gasteiger partial charge in [0.2, 0.25) is 5.95 Å². The highest BCUT2D eigenvalue weighted by Crippen LogP contribution is 2.33. The van der Waals surface area contributed by atoms with Crippen molar-refractivity contribution in [3.63, 3.8) is 0 Å². The molecule has 9 nitrogen and oxygen atoms in total. The molecule has 0 saturated heterocycles. The Kier molecular flexibility index (Phi) is 7.36. The van der Waals surface area contributed by atoms with E-state index in [-0.39, 0.29) is 23.2 Å². The second-order valence-corrected chi connectivity index (χ2v) is 8.85. The van der Waals surface area contributed by atoms with Crippen molar-refractivity contribution in [3.05, 3.63) is 90.5 Å². The van der Waals surface area contributed by atoms with Gasteiger partial charge in [0.05, 0.1) is 28.6 Å². The first-order valence-electron chi connectivity index (χ1n) is 12.2. The van der Waals surface area contributed by atoms with E-state index in [0.717, 1.165) is 19.0 Å². The number of aryl methyl sites for hydroxylation is 2. The molecule has 5 rings (SSSR count). The van der Waals surface area contributed by atoms with Crippen molar-refractivity contribution in [2.45, 2.75) is 19.1 Å². The summed E-state index contributed by atoms with van der Waals surface area (Å²) in [5, 5.41) is 5.46. The number of fused-ring (bicyclic) bond motifs is 1. The molecule has 2 aromatic carbocycles. The molecule has 0 unspecified atom stereocenters. The highest BCUT2D eigenvalue weighted by Gasteiger charge is 2.31. The summed E-state index contributed by atoms with van der Waals surface area (Å²) in [6, 6.07) is 10.2. The lowest BCUT2D eigenvalue weighted by atomic mass is 10.2. The van der Waals surface area contributed by atoms with Gasteiger partial charge < -0.3 is 24.5 Å². The number of pyridine rings is 1. The van der Waals surface area contributed by atoms with E-state index in [2.05, 4.69) is 25.6 Å². The maximum atomic E-state index is 14.2. The lowest BCUT2D eigenvalue weighted by Gasteiger charge is -2.11. The summed E-state index contributed by atoms with van der Waals surface area (Å²) in [5.74, 6) is -0.270. The summed E-state index contributed by atoms with van der Waals surface area (Å²) < 4.78 is 62.9. The number of ether oxygens (including phenoxy) is 1. The zero-order chi connectivity index (χ0) is 28.3. The van der Waals surface area contributed by atoms with Gasteiger partial charge in [-0.3, -0.25) is 9.78 Å². The average molecular weight is 554 g/mol. The molecule has 0 spiro atoms. The van der Waals surface area contributed by atoms with Crippen molar-refractivity contribution in [3.8, 4) is 11.5 Å². The van der Waals surface area contributed by atoms with Crippen LogP contribution in [-0.4, -0.2) is 36.5 Å². The summed E-state index contributed by atoms with van der Waals surface area (Å²) in [5.41, 5.74) is -0.0547. The van der Waals surface area contributed by atoms with Crippen molar-refractivity contribution < 1.29 is 27.1 Å². The Morgan fingerprint density at radius 2 is 1.88 bits per heavy atom. The molecule has 0 aliphatic carbocycles. The van der Waals surface area contributed by atoms with Crippen LogP contribution in [0.2, 0.25) is 0 Å². The Morgan fingerprint density at radius 3 is 2.65 bits per heavy atom. The van der Waals surface area contributed by atoms with Crippen LogP contribution >= 0.6 is 0 Å². The molecule has 0 saturated carbocycles. The summed E-state index contributed by atoms with van der Waals surface area (Å²) >= 11 is 0. The van der Waals surface area contributed by atoms with Crippen LogP contribution in [0.5, 0.6) is 11.5 Å². The third-order valence-corrected chi connectivity index (χ3v) is 6.03. The number of benzene rings is 2. The van der Waals surface area contributed by atoms with Gasteiger partial charge in [-0.15, -0.1) is 0 Å². The number of hydrogen-bond acceptors (Lipinski definition) is 6. The van der Waals surface area contributed by atoms with Crippen LogP contribution in [0.15, 0.2) is 73.4 Å². The topological polar surface area (TPSA) is 98.9 Å². The molecule has 13 heteroatoms. The summed E-state index contributed by atoms with van der Waals surface area (Å²) in [6.07, 6.45) is 2.81. The maximum absolute atomic E-state index is 14.2. The number of nitrogens with zero attached hydrogens (tertiary/aromatic N) is 5. The van der Waals surface area contributed by atoms with Crippen molar-refractivity contribution in [2.75, 3.05) is 11.9 Å². The highest BCUT2D eigenvalue weighted by molar-refractivity contribution is 5.92. The molecule has 0 aliphatic rings. The number of halogens is 4. The Balaban J connectivity index is 1.27. The summed E-state index contributed by atoms with van der Waals surface area (Å²) in [4.78, 5) is 25.0. The molecule has 0 bridgehead atoms. The normalized spacial score (nSPS) is 11.5. The second-order valence-electron chi connectivity index (χ2n) is 8.85. The number of imidazole rings is 2. The molecule has 0 atom stereocenters. The molecule has 3 heterocycles. The van der Waals surface area contributed by atoms with Crippen LogP contribution < -0.4 is 15.4 Å². The largest absolute Gasteiger partial charge is 0.457 e. The fourth-order valence-electron chi connectivity index (χ4n) is 3.98. The molecule has 206 valence electrons. The molecule has 1 amide bonds. The number of carbonyl (C=O) groups is 1. The predicted octanol–water partition coefficient (Wildman–Crippen LogP) is 5.68. The number of hydrogen-bond donors (Lipinski definition) is 2. The van der Waals surface area contributed by atoms with Crippen molar-refractivity contribution >= 4 is 28.6 Å². The van der Waals surface area contributed by atoms with Crippen LogP contribution in [0, 0.1) is 5.82 Å². The number of nitrogens with one attached hydrogen (secondary N) is 2. The van der Waals surface area contributed by atoms with Crippen LogP contribution in [-0.2, 0) is 19.8 Å². The average Bonchev–Trinajstić information content (AvgIpc) is 3.55. The monoisotopic (exact) mass is 553 g/mol. The Morgan fingerprint density at radius 1 is 1.05 bits per heavy atom. The molecule has 3 aromatic heterocycles. The Labute approximate surface area is 225 Å². The smallest absolute Gasteiger partial charge is 0.416 e. The Hall–Kier alpha value is -4.94. The third-order valence-electron chi connectivity index (χ3n) is 6.03. The fraction of sp³-hybridized carbons (Fsp3) is 0.185. The molecule has 40 heavy (non-hydrogen) atoms. The van der Waals surface area contributed by atoms with Gasteiger partial charge >= 0.3 is 6.18 Å². The van der Waals surface area contributed by atoms with E-state index in [1.165, 1.54) is 12.3 Å². The van der Waals surface area contributed by atoms with Gasteiger partial charge in [0, 0.05) is 50.9 Å². The number of anilines is 2. The standard InChI is InChI=1S/C27H23F4N7O2/c1-37-24-6-4-18(14-22(24)36-26(37)35-21-13-17(27(29,30)31)3-5-20(21)28)40-19-7-9-33-23(15-19)25(39)34-8-2-11-38-12-10-32-16-38/h3-7,9-10,12-16H,2,8,11H2,1H3,(H,34,39)(H,35,36). The second kappa shape index (κ2) is 11.0. The quantitative estimate of drug-likeness (QED) is 0.180. The molecular formula is C27H23F4N7O2. The zero-order valence-electron chi connectivity index (χ0n) is 21.1. The number of rotatable bonds is 9. The van der Waals surface area contributed by atoms with Crippen LogP contribution in [0.25, 0.3) is 11.0 Å². The predicted molar refractivity (Wildman–Crippen MR) is 139 cm³/mol. The minimum atomic E-state index is -4.61. The van der Waals surface area contributed by atoms with Gasteiger partial charge in [-0.25, -0.2) is 14.4 Å². The lowest BCUT2D eigenvalue weighted by molar-refractivity contribution is -0.137. The van der Waals surface area contributed by atoms with Crippen molar-refractivity contribution in [1.29, 1.82) is 0 Å². The molecule has 2 N–H and O–H groups in total. The Bertz CT molecular complexity index is 1650. The minimum Gasteiger partial charge on any atom is -0.457 e. The fourth-order valence-corrected chi connectivity index (χ4v) is 3.98. The number of carbonyl (C=O) groups excluding carboxylic acids is 1. The van der Waals surface area contributed by atoms with Gasteiger partial charge in [-0.1, -0.05) is 0 Å². The van der Waals surface area contributed by atoms with E-state index in [9.17, 15) is 22.4 Å². The van der Waals surface area contributed by atoms with Gasteiger partial charge in [0.25, 0.3) is 5.91 Å². The van der Waals surface area contributed by atoms with Gasteiger partial charge in [-0.2, -0.15) is 13.2 Å². The van der Waals surface area contributed by atoms with Crippen LogP contribution in [0.1, 0.15) is 22.5 Å². The lowest BCUT2D eigenvalue weighted by Crippen LogP contribution is -2.26. The number of aromatic nitrogens is 5. The van der Waals surface area contributed by atoms with Crippen molar-refractivity contribution in [2.24, 2.45) is 7.05 Å². The van der Waals surface area contributed by atoms with E-state index in [4.69, 9.17) is 4.74 Å². The summed E-state index contributed by atoms with van der Waals surface area (Å²) in [7, 11) is 1.65. The van der Waals surface area contributed by atoms with Crippen LogP contribution in [0.4, 0.5) is 29.2 Å². The van der Waals surface area contributed by atoms with Crippen LogP contribution in [0.3, 0.4) is 0 Å². The van der Waals surface area contributed by atoms with E-state index in [1.807, 2.05) is 10.8 Å². The highest BCUT2D eigenvalue weighted by atomic mass is 19.4. The molecular weight excluding hydrogens is 530 g/mol. The SMILES string of the molecule is Cn1c(Nc2cc(C(F)(F)F)ccc2F)nc2cc(Oc3ccnc(C(=O)NCCCn4ccnc4)c3)ccc21. The molecule has 0 fully saturated rings. The van der Waals surface area contributed by atoms with Gasteiger partial charge in [-0.05, 0) is 42.8 Å².